The van der Waals surface area contributed by atoms with Crippen molar-refractivity contribution in [3.8, 4) is 11.5 Å². The second kappa shape index (κ2) is 13.2. The summed E-state index contributed by atoms with van der Waals surface area (Å²) in [6, 6.07) is 13.0. The Hall–Kier alpha value is -2.49. The van der Waals surface area contributed by atoms with Gasteiger partial charge in [-0.05, 0) is 70.9 Å². The van der Waals surface area contributed by atoms with E-state index in [1.54, 1.807) is 30.3 Å². The minimum absolute atomic E-state index is 0.120. The SMILES string of the molecule is CCOc1cc(/C=N/NC(=O)C(=O)Nc2ccc(Cl)c(Cl)c2)cc(Br)c1OCc1c(Cl)cccc1Cl. The number of amides is 2. The topological polar surface area (TPSA) is 89.0 Å². The minimum atomic E-state index is -0.974. The summed E-state index contributed by atoms with van der Waals surface area (Å²) < 4.78 is 12.2. The molecule has 188 valence electrons. The Balaban J connectivity index is 1.68. The summed E-state index contributed by atoms with van der Waals surface area (Å²) in [6.07, 6.45) is 1.35. The molecule has 3 aromatic rings. The van der Waals surface area contributed by atoms with E-state index in [-0.39, 0.29) is 11.6 Å². The molecule has 0 aliphatic rings. The van der Waals surface area contributed by atoms with Crippen LogP contribution in [0.3, 0.4) is 0 Å². The second-order valence-electron chi connectivity index (χ2n) is 7.03. The average molecular weight is 634 g/mol. The lowest BCUT2D eigenvalue weighted by atomic mass is 10.2. The third kappa shape index (κ3) is 7.51. The van der Waals surface area contributed by atoms with E-state index in [1.165, 1.54) is 24.4 Å². The summed E-state index contributed by atoms with van der Waals surface area (Å²) in [5, 5.41) is 7.78. The van der Waals surface area contributed by atoms with E-state index in [2.05, 4.69) is 31.8 Å². The van der Waals surface area contributed by atoms with E-state index in [1.807, 2.05) is 6.92 Å². The molecule has 0 saturated heterocycles. The van der Waals surface area contributed by atoms with Gasteiger partial charge in [-0.25, -0.2) is 5.43 Å². The summed E-state index contributed by atoms with van der Waals surface area (Å²) in [4.78, 5) is 24.2. The number of anilines is 1. The Bertz CT molecular complexity index is 1300. The molecule has 7 nitrogen and oxygen atoms in total. The van der Waals surface area contributed by atoms with Gasteiger partial charge in [0.05, 0.1) is 27.3 Å². The monoisotopic (exact) mass is 631 g/mol. The Kier molecular flexibility index (Phi) is 10.3. The largest absolute Gasteiger partial charge is 0.490 e. The molecule has 36 heavy (non-hydrogen) atoms. The number of nitrogens with zero attached hydrogens (tertiary/aromatic N) is 1. The molecule has 0 radical (unpaired) electrons. The van der Waals surface area contributed by atoms with Crippen LogP contribution in [0.25, 0.3) is 0 Å². The van der Waals surface area contributed by atoms with Crippen LogP contribution in [0.4, 0.5) is 5.69 Å². The molecule has 0 heterocycles. The molecule has 0 atom stereocenters. The highest BCUT2D eigenvalue weighted by molar-refractivity contribution is 9.10. The van der Waals surface area contributed by atoms with E-state index >= 15 is 0 Å². The van der Waals surface area contributed by atoms with Crippen molar-refractivity contribution >= 4 is 86.1 Å². The molecule has 0 fully saturated rings. The standard InChI is InChI=1S/C24H18BrCl4N3O4/c1-2-35-21-9-13(8-16(25)22(21)36-12-15-17(26)4-3-5-18(15)27)11-30-32-24(34)23(33)31-14-6-7-19(28)20(29)10-14/h3-11H,2,12H2,1H3,(H,31,33)(H,32,34)/b30-11+. The Morgan fingerprint density at radius 1 is 0.944 bits per heavy atom. The summed E-state index contributed by atoms with van der Waals surface area (Å²) in [5.41, 5.74) is 3.69. The number of carbonyl (C=O) groups excluding carboxylic acids is 2. The Morgan fingerprint density at radius 3 is 2.33 bits per heavy atom. The highest BCUT2D eigenvalue weighted by Crippen LogP contribution is 2.38. The quantitative estimate of drug-likeness (QED) is 0.157. The van der Waals surface area contributed by atoms with Gasteiger partial charge in [-0.1, -0.05) is 52.5 Å². The van der Waals surface area contributed by atoms with Crippen LogP contribution in [-0.4, -0.2) is 24.6 Å². The van der Waals surface area contributed by atoms with Gasteiger partial charge < -0.3 is 14.8 Å². The molecule has 0 spiro atoms. The van der Waals surface area contributed by atoms with Gasteiger partial charge in [-0.2, -0.15) is 5.10 Å². The van der Waals surface area contributed by atoms with Crippen LogP contribution >= 0.6 is 62.3 Å². The van der Waals surface area contributed by atoms with Crippen molar-refractivity contribution in [3.63, 3.8) is 0 Å². The van der Waals surface area contributed by atoms with E-state index in [0.717, 1.165) is 0 Å². The van der Waals surface area contributed by atoms with Gasteiger partial charge in [0, 0.05) is 21.3 Å². The number of halogens is 5. The summed E-state index contributed by atoms with van der Waals surface area (Å²) >= 11 is 27.7. The number of hydrazone groups is 1. The normalized spacial score (nSPS) is 10.8. The zero-order valence-electron chi connectivity index (χ0n) is 18.6. The van der Waals surface area contributed by atoms with Crippen molar-refractivity contribution in [2.24, 2.45) is 5.10 Å². The van der Waals surface area contributed by atoms with Crippen LogP contribution in [0.15, 0.2) is 58.1 Å². The van der Waals surface area contributed by atoms with Gasteiger partial charge in [-0.15, -0.1) is 0 Å². The summed E-state index contributed by atoms with van der Waals surface area (Å²) in [7, 11) is 0. The number of benzene rings is 3. The van der Waals surface area contributed by atoms with Gasteiger partial charge >= 0.3 is 11.8 Å². The number of rotatable bonds is 8. The van der Waals surface area contributed by atoms with E-state index in [0.29, 0.717) is 54.5 Å². The molecule has 12 heteroatoms. The van der Waals surface area contributed by atoms with Crippen molar-refractivity contribution < 1.29 is 19.1 Å². The molecule has 0 bridgehead atoms. The second-order valence-corrected chi connectivity index (χ2v) is 9.52. The third-order valence-electron chi connectivity index (χ3n) is 4.52. The smallest absolute Gasteiger partial charge is 0.329 e. The molecule has 2 N–H and O–H groups in total. The first-order valence-electron chi connectivity index (χ1n) is 10.3. The van der Waals surface area contributed by atoms with E-state index in [4.69, 9.17) is 55.9 Å². The minimum Gasteiger partial charge on any atom is -0.490 e. The maximum atomic E-state index is 12.1. The highest BCUT2D eigenvalue weighted by atomic mass is 79.9. The molecule has 0 unspecified atom stereocenters. The predicted molar refractivity (Wildman–Crippen MR) is 147 cm³/mol. The first-order chi connectivity index (χ1) is 17.2. The zero-order valence-corrected chi connectivity index (χ0v) is 23.2. The maximum absolute atomic E-state index is 12.1. The number of ether oxygens (including phenoxy) is 2. The van der Waals surface area contributed by atoms with Gasteiger partial charge in [-0.3, -0.25) is 9.59 Å². The number of hydrogen-bond donors (Lipinski definition) is 2. The molecule has 3 rings (SSSR count). The lowest BCUT2D eigenvalue weighted by Crippen LogP contribution is -2.32. The molecule has 0 aromatic heterocycles. The van der Waals surface area contributed by atoms with Gasteiger partial charge in [0.25, 0.3) is 0 Å². The Morgan fingerprint density at radius 2 is 1.67 bits per heavy atom. The fraction of sp³-hybridized carbons (Fsp3) is 0.125. The molecule has 2 amide bonds. The number of carbonyl (C=O) groups is 2. The van der Waals surface area contributed by atoms with Crippen LogP contribution in [0.1, 0.15) is 18.1 Å². The predicted octanol–water partition coefficient (Wildman–Crippen LogP) is 7.13. The summed E-state index contributed by atoms with van der Waals surface area (Å²) in [6.45, 7) is 2.33. The van der Waals surface area contributed by atoms with Crippen LogP contribution in [0.5, 0.6) is 11.5 Å². The van der Waals surface area contributed by atoms with Crippen LogP contribution in [-0.2, 0) is 16.2 Å². The van der Waals surface area contributed by atoms with Crippen molar-refractivity contribution in [1.29, 1.82) is 0 Å². The van der Waals surface area contributed by atoms with Crippen LogP contribution in [0, 0.1) is 0 Å². The first-order valence-corrected chi connectivity index (χ1v) is 12.6. The van der Waals surface area contributed by atoms with Crippen molar-refractivity contribution in [2.45, 2.75) is 13.5 Å². The number of nitrogens with one attached hydrogen (secondary N) is 2. The molecule has 0 saturated carbocycles. The fourth-order valence-electron chi connectivity index (χ4n) is 2.86. The van der Waals surface area contributed by atoms with Gasteiger partial charge in [0.1, 0.15) is 6.61 Å². The van der Waals surface area contributed by atoms with Crippen LogP contribution in [0.2, 0.25) is 20.1 Å². The molecular weight excluding hydrogens is 616 g/mol. The highest BCUT2D eigenvalue weighted by Gasteiger charge is 2.16. The Labute approximate surface area is 235 Å². The molecule has 0 aliphatic heterocycles. The fourth-order valence-corrected chi connectivity index (χ4v) is 4.24. The van der Waals surface area contributed by atoms with E-state index < -0.39 is 11.8 Å². The molecule has 3 aromatic carbocycles. The first kappa shape index (κ1) is 28.1. The summed E-state index contributed by atoms with van der Waals surface area (Å²) in [5.74, 6) is -1.03. The van der Waals surface area contributed by atoms with Crippen molar-refractivity contribution in [2.75, 3.05) is 11.9 Å². The maximum Gasteiger partial charge on any atom is 0.329 e. The molecule has 0 aliphatic carbocycles. The lowest BCUT2D eigenvalue weighted by molar-refractivity contribution is -0.136. The van der Waals surface area contributed by atoms with Gasteiger partial charge in [0.15, 0.2) is 11.5 Å². The van der Waals surface area contributed by atoms with Gasteiger partial charge in [0.2, 0.25) is 0 Å². The lowest BCUT2D eigenvalue weighted by Gasteiger charge is -2.15. The zero-order chi connectivity index (χ0) is 26.2. The third-order valence-corrected chi connectivity index (χ3v) is 6.55. The van der Waals surface area contributed by atoms with E-state index in [9.17, 15) is 9.59 Å². The molecular formula is C24H18BrCl4N3O4. The van der Waals surface area contributed by atoms with Crippen molar-refractivity contribution in [3.05, 3.63) is 84.2 Å². The van der Waals surface area contributed by atoms with Crippen LogP contribution < -0.4 is 20.2 Å². The average Bonchev–Trinajstić information content (AvgIpc) is 2.82. The van der Waals surface area contributed by atoms with Crippen molar-refractivity contribution in [1.82, 2.24) is 5.43 Å². The number of hydrogen-bond acceptors (Lipinski definition) is 5.